The Balaban J connectivity index is 1.63. The summed E-state index contributed by atoms with van der Waals surface area (Å²) >= 11 is 0. The summed E-state index contributed by atoms with van der Waals surface area (Å²) in [4.78, 5) is 24.3. The van der Waals surface area contributed by atoms with Crippen molar-refractivity contribution in [2.45, 2.75) is 90.1 Å². The molecule has 4 aliphatic rings. The van der Waals surface area contributed by atoms with Crippen LogP contribution in [0.5, 0.6) is 0 Å². The van der Waals surface area contributed by atoms with Crippen LogP contribution in [0, 0.1) is 41.4 Å². The van der Waals surface area contributed by atoms with E-state index < -0.39 is 5.60 Å². The molecule has 4 rings (SSSR count). The maximum Gasteiger partial charge on any atom is 0.307 e. The Labute approximate surface area is 169 Å². The second kappa shape index (κ2) is 7.36. The Kier molecular flexibility index (Phi) is 5.19. The molecule has 0 spiro atoms. The van der Waals surface area contributed by atoms with Gasteiger partial charge in [-0.3, -0.25) is 9.59 Å². The number of ketones is 1. The lowest BCUT2D eigenvalue weighted by atomic mass is 9.49. The minimum Gasteiger partial charge on any atom is -0.445 e. The van der Waals surface area contributed by atoms with Crippen molar-refractivity contribution in [2.75, 3.05) is 0 Å². The molecule has 0 aromatic rings. The molecular formula is C25H34O3. The largest absolute Gasteiger partial charge is 0.445 e. The van der Waals surface area contributed by atoms with Gasteiger partial charge in [0.15, 0.2) is 11.4 Å². The first-order chi connectivity index (χ1) is 13.5. The predicted molar refractivity (Wildman–Crippen MR) is 109 cm³/mol. The molecule has 0 bridgehead atoms. The number of carbonyl (C=O) groups excluding carboxylic acids is 2. The standard InChI is InChI=1S/C25H34O3/c1-4-7-23(27)28-25(6-3)15-13-22-21-10-8-17-16-18(26)9-11-19(17)20(21)12-14-24(22,25)5-2/h3,16,19-22H,4-5,7-15H2,1-2H3/t19-,20+,21+,22-,24-,25-/m0/s1. The zero-order valence-corrected chi connectivity index (χ0v) is 17.5. The molecule has 3 fully saturated rings. The zero-order valence-electron chi connectivity index (χ0n) is 17.5. The number of hydrogen-bond donors (Lipinski definition) is 0. The molecule has 3 saturated carbocycles. The lowest BCUT2D eigenvalue weighted by molar-refractivity contribution is -0.173. The highest BCUT2D eigenvalue weighted by atomic mass is 16.6. The van der Waals surface area contributed by atoms with Gasteiger partial charge in [-0.25, -0.2) is 0 Å². The molecule has 28 heavy (non-hydrogen) atoms. The van der Waals surface area contributed by atoms with Crippen molar-refractivity contribution < 1.29 is 14.3 Å². The highest BCUT2D eigenvalue weighted by Gasteiger charge is 2.65. The molecule has 0 aromatic heterocycles. The second-order valence-electron chi connectivity index (χ2n) is 9.59. The average Bonchev–Trinajstić information content (AvgIpc) is 3.02. The van der Waals surface area contributed by atoms with E-state index in [0.717, 1.165) is 57.8 Å². The molecule has 0 unspecified atom stereocenters. The Morgan fingerprint density at radius 2 is 2.00 bits per heavy atom. The van der Waals surface area contributed by atoms with E-state index in [1.165, 1.54) is 5.57 Å². The summed E-state index contributed by atoms with van der Waals surface area (Å²) in [6.07, 6.45) is 18.3. The smallest absolute Gasteiger partial charge is 0.307 e. The van der Waals surface area contributed by atoms with Gasteiger partial charge in [-0.05, 0) is 87.5 Å². The van der Waals surface area contributed by atoms with E-state index >= 15 is 0 Å². The van der Waals surface area contributed by atoms with Gasteiger partial charge in [0, 0.05) is 18.3 Å². The van der Waals surface area contributed by atoms with Gasteiger partial charge in [0.1, 0.15) is 0 Å². The third kappa shape index (κ3) is 2.78. The monoisotopic (exact) mass is 382 g/mol. The molecule has 0 saturated heterocycles. The number of terminal acetylenes is 1. The molecule has 6 atom stereocenters. The number of fused-ring (bicyclic) bond motifs is 5. The van der Waals surface area contributed by atoms with Gasteiger partial charge < -0.3 is 4.74 Å². The van der Waals surface area contributed by atoms with Crippen LogP contribution in [-0.4, -0.2) is 17.4 Å². The maximum absolute atomic E-state index is 12.4. The highest BCUT2D eigenvalue weighted by Crippen LogP contribution is 2.67. The van der Waals surface area contributed by atoms with E-state index in [9.17, 15) is 9.59 Å². The van der Waals surface area contributed by atoms with E-state index in [0.29, 0.717) is 42.3 Å². The Morgan fingerprint density at radius 1 is 1.18 bits per heavy atom. The van der Waals surface area contributed by atoms with Crippen LogP contribution >= 0.6 is 0 Å². The molecule has 0 N–H and O–H groups in total. The molecule has 3 heteroatoms. The van der Waals surface area contributed by atoms with Gasteiger partial charge in [0.2, 0.25) is 0 Å². The van der Waals surface area contributed by atoms with E-state index in [1.54, 1.807) is 0 Å². The van der Waals surface area contributed by atoms with Crippen LogP contribution in [-0.2, 0) is 14.3 Å². The van der Waals surface area contributed by atoms with Crippen LogP contribution in [0.3, 0.4) is 0 Å². The molecule has 0 aliphatic heterocycles. The fraction of sp³-hybridized carbons (Fsp3) is 0.760. The maximum atomic E-state index is 12.4. The first-order valence-electron chi connectivity index (χ1n) is 11.4. The molecule has 4 aliphatic carbocycles. The molecular weight excluding hydrogens is 348 g/mol. The quantitative estimate of drug-likeness (QED) is 0.494. The number of ether oxygens (including phenoxy) is 1. The first-order valence-corrected chi connectivity index (χ1v) is 11.4. The fourth-order valence-corrected chi connectivity index (χ4v) is 7.57. The van der Waals surface area contributed by atoms with Crippen LogP contribution in [0.25, 0.3) is 0 Å². The van der Waals surface area contributed by atoms with Crippen molar-refractivity contribution in [3.8, 4) is 12.3 Å². The van der Waals surface area contributed by atoms with Gasteiger partial charge in [-0.15, -0.1) is 6.42 Å². The number of esters is 1. The lowest BCUT2D eigenvalue weighted by Gasteiger charge is -2.56. The van der Waals surface area contributed by atoms with Gasteiger partial charge >= 0.3 is 5.97 Å². The number of carbonyl (C=O) groups is 2. The third-order valence-corrected chi connectivity index (χ3v) is 8.73. The van der Waals surface area contributed by atoms with Crippen molar-refractivity contribution in [3.63, 3.8) is 0 Å². The highest BCUT2D eigenvalue weighted by molar-refractivity contribution is 5.91. The summed E-state index contributed by atoms with van der Waals surface area (Å²) in [5.41, 5.74) is 0.623. The van der Waals surface area contributed by atoms with Gasteiger partial charge in [0.25, 0.3) is 0 Å². The van der Waals surface area contributed by atoms with Crippen molar-refractivity contribution in [2.24, 2.45) is 29.1 Å². The normalized spacial score (nSPS) is 41.9. The Bertz CT molecular complexity index is 729. The number of allylic oxidation sites excluding steroid dienone is 1. The molecule has 0 heterocycles. The van der Waals surface area contributed by atoms with E-state index in [4.69, 9.17) is 11.2 Å². The SMILES string of the molecule is C#C[C@]1(OC(=O)CCC)CC[C@H]2[C@@H]3CCC4=CC(=O)CC[C@@H]4[C@H]3CC[C@@]21CC. The van der Waals surface area contributed by atoms with Crippen LogP contribution in [0.4, 0.5) is 0 Å². The van der Waals surface area contributed by atoms with Crippen LogP contribution in [0.15, 0.2) is 11.6 Å². The van der Waals surface area contributed by atoms with Crippen LogP contribution in [0.2, 0.25) is 0 Å². The predicted octanol–water partition coefficient (Wildman–Crippen LogP) is 5.23. The minimum atomic E-state index is -0.720. The molecule has 3 nitrogen and oxygen atoms in total. The minimum absolute atomic E-state index is 0.0714. The topological polar surface area (TPSA) is 43.4 Å². The van der Waals surface area contributed by atoms with Gasteiger partial charge in [-0.1, -0.05) is 25.3 Å². The summed E-state index contributed by atoms with van der Waals surface area (Å²) in [7, 11) is 0. The summed E-state index contributed by atoms with van der Waals surface area (Å²) in [5.74, 6) is 5.68. The summed E-state index contributed by atoms with van der Waals surface area (Å²) in [6.45, 7) is 4.25. The Morgan fingerprint density at radius 3 is 2.71 bits per heavy atom. The van der Waals surface area contributed by atoms with Crippen molar-refractivity contribution in [1.82, 2.24) is 0 Å². The van der Waals surface area contributed by atoms with Crippen molar-refractivity contribution in [3.05, 3.63) is 11.6 Å². The molecule has 0 amide bonds. The van der Waals surface area contributed by atoms with E-state index in [1.807, 2.05) is 13.0 Å². The summed E-state index contributed by atoms with van der Waals surface area (Å²) in [6, 6.07) is 0. The zero-order chi connectivity index (χ0) is 19.9. The van der Waals surface area contributed by atoms with Gasteiger partial charge in [0.05, 0.1) is 0 Å². The van der Waals surface area contributed by atoms with Crippen molar-refractivity contribution >= 4 is 11.8 Å². The van der Waals surface area contributed by atoms with E-state index in [-0.39, 0.29) is 11.4 Å². The fourth-order valence-electron chi connectivity index (χ4n) is 7.57. The van der Waals surface area contributed by atoms with E-state index in [2.05, 4.69) is 12.8 Å². The summed E-state index contributed by atoms with van der Waals surface area (Å²) in [5, 5.41) is 0. The number of hydrogen-bond acceptors (Lipinski definition) is 3. The lowest BCUT2D eigenvalue weighted by Crippen LogP contribution is -2.55. The third-order valence-electron chi connectivity index (χ3n) is 8.73. The van der Waals surface area contributed by atoms with Gasteiger partial charge in [-0.2, -0.15) is 0 Å². The van der Waals surface area contributed by atoms with Crippen molar-refractivity contribution in [1.29, 1.82) is 0 Å². The first kappa shape index (κ1) is 19.7. The molecule has 152 valence electrons. The molecule has 0 radical (unpaired) electrons. The second-order valence-corrected chi connectivity index (χ2v) is 9.59. The summed E-state index contributed by atoms with van der Waals surface area (Å²) < 4.78 is 6.12. The average molecular weight is 383 g/mol. The molecule has 0 aromatic carbocycles. The van der Waals surface area contributed by atoms with Crippen LogP contribution < -0.4 is 0 Å². The Hall–Kier alpha value is -1.56. The number of rotatable bonds is 4. The van der Waals surface area contributed by atoms with Crippen LogP contribution in [0.1, 0.15) is 84.5 Å².